The summed E-state index contributed by atoms with van der Waals surface area (Å²) in [6, 6.07) is 7.97. The number of fused-ring (bicyclic) bond motifs is 1. The molecule has 0 aliphatic carbocycles. The van der Waals surface area contributed by atoms with E-state index in [0.717, 1.165) is 28.2 Å². The Bertz CT molecular complexity index is 960. The number of rotatable bonds is 6. The summed E-state index contributed by atoms with van der Waals surface area (Å²) >= 11 is 1.15. The molecule has 0 aliphatic rings. The third-order valence-corrected chi connectivity index (χ3v) is 5.40. The van der Waals surface area contributed by atoms with E-state index in [2.05, 4.69) is 15.2 Å². The first-order valence-electron chi connectivity index (χ1n) is 8.32. The standard InChI is InChI=1S/C18H21N5O2S/c1-5-23-16(13-10-19-14-9-7-6-8-12(13)14)20-21-18(23)26-15(11(2)24)17(25)22(3)4/h6-10,15,19H,5H2,1-4H3. The molecule has 0 saturated carbocycles. The Hall–Kier alpha value is -2.61. The molecule has 1 amide bonds. The van der Waals surface area contributed by atoms with Crippen LogP contribution in [0.1, 0.15) is 13.8 Å². The quantitative estimate of drug-likeness (QED) is 0.532. The number of hydrogen-bond acceptors (Lipinski definition) is 5. The molecule has 2 heterocycles. The van der Waals surface area contributed by atoms with Crippen molar-refractivity contribution in [2.45, 2.75) is 30.8 Å². The third-order valence-electron chi connectivity index (χ3n) is 4.12. The second-order valence-electron chi connectivity index (χ2n) is 6.14. The molecular weight excluding hydrogens is 350 g/mol. The van der Waals surface area contributed by atoms with Crippen molar-refractivity contribution in [1.29, 1.82) is 0 Å². The van der Waals surface area contributed by atoms with E-state index < -0.39 is 5.25 Å². The topological polar surface area (TPSA) is 83.9 Å². The summed E-state index contributed by atoms with van der Waals surface area (Å²) in [5.41, 5.74) is 1.96. The Balaban J connectivity index is 2.01. The average Bonchev–Trinajstić information content (AvgIpc) is 3.21. The van der Waals surface area contributed by atoms with Gasteiger partial charge in [0, 0.05) is 43.3 Å². The number of amides is 1. The molecule has 3 rings (SSSR count). The summed E-state index contributed by atoms with van der Waals surface area (Å²) in [5.74, 6) is 0.266. The molecule has 0 saturated heterocycles. The molecule has 2 aromatic heterocycles. The summed E-state index contributed by atoms with van der Waals surface area (Å²) in [6.45, 7) is 4.04. The van der Waals surface area contributed by atoms with Crippen LogP contribution in [0.2, 0.25) is 0 Å². The van der Waals surface area contributed by atoms with Gasteiger partial charge in [-0.25, -0.2) is 0 Å². The number of Topliss-reactive ketones (excluding diaryl/α,β-unsaturated/α-hetero) is 1. The minimum atomic E-state index is -0.824. The van der Waals surface area contributed by atoms with E-state index in [4.69, 9.17) is 0 Å². The summed E-state index contributed by atoms with van der Waals surface area (Å²) in [7, 11) is 3.28. The molecule has 136 valence electrons. The fourth-order valence-corrected chi connectivity index (χ4v) is 3.88. The largest absolute Gasteiger partial charge is 0.360 e. The first kappa shape index (κ1) is 18.2. The van der Waals surface area contributed by atoms with Crippen molar-refractivity contribution in [1.82, 2.24) is 24.6 Å². The van der Waals surface area contributed by atoms with Gasteiger partial charge in [0.15, 0.2) is 16.8 Å². The zero-order chi connectivity index (χ0) is 18.8. The first-order valence-corrected chi connectivity index (χ1v) is 9.20. The highest BCUT2D eigenvalue weighted by molar-refractivity contribution is 8.01. The predicted octanol–water partition coefficient (Wildman–Crippen LogP) is 2.58. The molecule has 7 nitrogen and oxygen atoms in total. The molecule has 1 atom stereocenters. The van der Waals surface area contributed by atoms with Crippen molar-refractivity contribution in [3.05, 3.63) is 30.5 Å². The molecular formula is C18H21N5O2S. The van der Waals surface area contributed by atoms with Crippen molar-refractivity contribution in [3.63, 3.8) is 0 Å². The molecule has 0 spiro atoms. The molecule has 3 aromatic rings. The van der Waals surface area contributed by atoms with Gasteiger partial charge in [0.05, 0.1) is 0 Å². The van der Waals surface area contributed by atoms with Crippen molar-refractivity contribution in [3.8, 4) is 11.4 Å². The Morgan fingerprint density at radius 3 is 2.65 bits per heavy atom. The lowest BCUT2D eigenvalue weighted by atomic mass is 10.1. The maximum Gasteiger partial charge on any atom is 0.243 e. The van der Waals surface area contributed by atoms with Gasteiger partial charge >= 0.3 is 0 Å². The Kier molecular flexibility index (Phi) is 5.13. The number of nitrogens with zero attached hydrogens (tertiary/aromatic N) is 4. The predicted molar refractivity (Wildman–Crippen MR) is 102 cm³/mol. The SMILES string of the molecule is CCn1c(SC(C(C)=O)C(=O)N(C)C)nnc1-c1c[nH]c2ccccc12. The second kappa shape index (κ2) is 7.33. The molecule has 8 heteroatoms. The lowest BCUT2D eigenvalue weighted by molar-refractivity contribution is -0.132. The molecule has 0 aliphatic heterocycles. The minimum Gasteiger partial charge on any atom is -0.360 e. The van der Waals surface area contributed by atoms with Crippen molar-refractivity contribution in [2.75, 3.05) is 14.1 Å². The van der Waals surface area contributed by atoms with Crippen LogP contribution in [0.4, 0.5) is 0 Å². The van der Waals surface area contributed by atoms with Gasteiger partial charge in [-0.3, -0.25) is 9.59 Å². The average molecular weight is 371 g/mol. The van der Waals surface area contributed by atoms with E-state index in [1.54, 1.807) is 14.1 Å². The van der Waals surface area contributed by atoms with Crippen molar-refractivity contribution < 1.29 is 9.59 Å². The van der Waals surface area contributed by atoms with Crippen LogP contribution in [0, 0.1) is 0 Å². The summed E-state index contributed by atoms with van der Waals surface area (Å²) < 4.78 is 1.93. The molecule has 1 aromatic carbocycles. The number of H-pyrrole nitrogens is 1. The Morgan fingerprint density at radius 1 is 1.27 bits per heavy atom. The third kappa shape index (κ3) is 3.24. The first-order chi connectivity index (χ1) is 12.4. The van der Waals surface area contributed by atoms with E-state index in [1.165, 1.54) is 11.8 Å². The van der Waals surface area contributed by atoms with Gasteiger partial charge in [0.25, 0.3) is 0 Å². The minimum absolute atomic E-state index is 0.201. The van der Waals surface area contributed by atoms with E-state index in [9.17, 15) is 9.59 Å². The van der Waals surface area contributed by atoms with Crippen molar-refractivity contribution in [2.24, 2.45) is 0 Å². The second-order valence-corrected chi connectivity index (χ2v) is 7.21. The van der Waals surface area contributed by atoms with Crippen LogP contribution in [-0.4, -0.2) is 55.7 Å². The van der Waals surface area contributed by atoms with E-state index in [1.807, 2.05) is 42.0 Å². The highest BCUT2D eigenvalue weighted by atomic mass is 32.2. The van der Waals surface area contributed by atoms with Gasteiger partial charge in [0.1, 0.15) is 5.25 Å². The van der Waals surface area contributed by atoms with Crippen LogP contribution in [0.25, 0.3) is 22.3 Å². The highest BCUT2D eigenvalue weighted by Crippen LogP contribution is 2.31. The zero-order valence-corrected chi connectivity index (χ0v) is 16.0. The zero-order valence-electron chi connectivity index (χ0n) is 15.2. The summed E-state index contributed by atoms with van der Waals surface area (Å²) in [4.78, 5) is 29.0. The normalized spacial score (nSPS) is 12.3. The number of para-hydroxylation sites is 1. The molecule has 1 N–H and O–H groups in total. The monoisotopic (exact) mass is 371 g/mol. The van der Waals surface area contributed by atoms with Gasteiger partial charge < -0.3 is 14.5 Å². The summed E-state index contributed by atoms with van der Waals surface area (Å²) in [6.07, 6.45) is 1.91. The number of carbonyl (C=O) groups is 2. The lowest BCUT2D eigenvalue weighted by Crippen LogP contribution is -2.36. The van der Waals surface area contributed by atoms with E-state index >= 15 is 0 Å². The van der Waals surface area contributed by atoms with Gasteiger partial charge in [-0.15, -0.1) is 10.2 Å². The van der Waals surface area contributed by atoms with Crippen LogP contribution in [0.3, 0.4) is 0 Å². The number of aromatic nitrogens is 4. The fraction of sp³-hybridized carbons (Fsp3) is 0.333. The Labute approximate surface area is 155 Å². The van der Waals surface area contributed by atoms with Crippen LogP contribution >= 0.6 is 11.8 Å². The van der Waals surface area contributed by atoms with Gasteiger partial charge in [-0.1, -0.05) is 30.0 Å². The fourth-order valence-electron chi connectivity index (χ4n) is 2.76. The number of ketones is 1. The van der Waals surface area contributed by atoms with E-state index in [-0.39, 0.29) is 11.7 Å². The van der Waals surface area contributed by atoms with Crippen LogP contribution < -0.4 is 0 Å². The summed E-state index contributed by atoms with van der Waals surface area (Å²) in [5, 5.41) is 9.37. The molecule has 0 bridgehead atoms. The number of benzene rings is 1. The lowest BCUT2D eigenvalue weighted by Gasteiger charge is -2.17. The number of aromatic amines is 1. The smallest absolute Gasteiger partial charge is 0.243 e. The number of thioether (sulfide) groups is 1. The number of nitrogens with one attached hydrogen (secondary N) is 1. The number of hydrogen-bond donors (Lipinski definition) is 1. The van der Waals surface area contributed by atoms with Crippen LogP contribution in [-0.2, 0) is 16.1 Å². The number of carbonyl (C=O) groups excluding carboxylic acids is 2. The molecule has 26 heavy (non-hydrogen) atoms. The van der Waals surface area contributed by atoms with E-state index in [0.29, 0.717) is 17.5 Å². The molecule has 0 radical (unpaired) electrons. The van der Waals surface area contributed by atoms with Gasteiger partial charge in [0.2, 0.25) is 5.91 Å². The maximum absolute atomic E-state index is 12.3. The maximum atomic E-state index is 12.3. The Morgan fingerprint density at radius 2 is 2.00 bits per heavy atom. The van der Waals surface area contributed by atoms with Crippen LogP contribution in [0.15, 0.2) is 35.6 Å². The van der Waals surface area contributed by atoms with Gasteiger partial charge in [-0.2, -0.15) is 0 Å². The van der Waals surface area contributed by atoms with Crippen molar-refractivity contribution >= 4 is 34.4 Å². The van der Waals surface area contributed by atoms with Gasteiger partial charge in [-0.05, 0) is 19.9 Å². The van der Waals surface area contributed by atoms with Crippen LogP contribution in [0.5, 0.6) is 0 Å². The molecule has 1 unspecified atom stereocenters. The highest BCUT2D eigenvalue weighted by Gasteiger charge is 2.29. The molecule has 0 fully saturated rings.